The van der Waals surface area contributed by atoms with E-state index in [9.17, 15) is 10.3 Å². The molecule has 0 saturated carbocycles. The van der Waals surface area contributed by atoms with E-state index in [1.165, 1.54) is 0 Å². The highest BCUT2D eigenvalue weighted by Crippen LogP contribution is 2.16. The number of rotatable bonds is 5. The fourth-order valence-corrected chi connectivity index (χ4v) is 1.91. The van der Waals surface area contributed by atoms with Gasteiger partial charge >= 0.3 is 0 Å². The Morgan fingerprint density at radius 1 is 0.889 bits per heavy atom. The van der Waals surface area contributed by atoms with Crippen LogP contribution in [0.1, 0.15) is 5.56 Å². The zero-order chi connectivity index (χ0) is 12.8. The highest BCUT2D eigenvalue weighted by Gasteiger charge is 2.16. The van der Waals surface area contributed by atoms with Crippen LogP contribution in [0.15, 0.2) is 60.7 Å². The third-order valence-electron chi connectivity index (χ3n) is 2.89. The molecule has 0 heterocycles. The number of benzene rings is 2. The second kappa shape index (κ2) is 6.19. The maximum absolute atomic E-state index is 10.1. The van der Waals surface area contributed by atoms with E-state index < -0.39 is 0 Å². The summed E-state index contributed by atoms with van der Waals surface area (Å²) in [5.74, 6) is 0. The molecule has 0 amide bonds. The second-order valence-corrected chi connectivity index (χ2v) is 4.21. The third kappa shape index (κ3) is 3.09. The second-order valence-electron chi connectivity index (χ2n) is 4.21. The normalized spacial score (nSPS) is 12.1. The van der Waals surface area contributed by atoms with Crippen LogP contribution in [0, 0.1) is 0 Å². The summed E-state index contributed by atoms with van der Waals surface area (Å²) in [5, 5.41) is 20.7. The molecule has 0 aromatic heterocycles. The van der Waals surface area contributed by atoms with Gasteiger partial charge in [-0.1, -0.05) is 48.5 Å². The van der Waals surface area contributed by atoms with Crippen molar-refractivity contribution in [2.75, 3.05) is 11.7 Å². The van der Waals surface area contributed by atoms with Crippen LogP contribution < -0.4 is 5.06 Å². The van der Waals surface area contributed by atoms with Gasteiger partial charge in [-0.15, -0.1) is 0 Å². The number of hydrogen-bond donors (Lipinski definition) is 2. The first-order valence-electron chi connectivity index (χ1n) is 5.99. The molecule has 1 unspecified atom stereocenters. The summed E-state index contributed by atoms with van der Waals surface area (Å²) in [7, 11) is 0. The van der Waals surface area contributed by atoms with Crippen LogP contribution in [-0.2, 0) is 6.42 Å². The van der Waals surface area contributed by atoms with Gasteiger partial charge < -0.3 is 5.11 Å². The molecular formula is C15H17NO2. The van der Waals surface area contributed by atoms with Crippen LogP contribution in [0.25, 0.3) is 0 Å². The molecule has 0 fully saturated rings. The standard InChI is InChI=1S/C15H17NO2/c17-12-15(11-13-7-3-1-4-8-13)16(18)14-9-5-2-6-10-14/h1-10,15,17-18H,11-12H2. The summed E-state index contributed by atoms with van der Waals surface area (Å²) >= 11 is 0. The predicted molar refractivity (Wildman–Crippen MR) is 71.7 cm³/mol. The molecule has 2 N–H and O–H groups in total. The molecule has 0 spiro atoms. The van der Waals surface area contributed by atoms with Crippen molar-refractivity contribution < 1.29 is 10.3 Å². The quantitative estimate of drug-likeness (QED) is 0.793. The Morgan fingerprint density at radius 3 is 2.00 bits per heavy atom. The molecule has 94 valence electrons. The number of nitrogens with zero attached hydrogens (tertiary/aromatic N) is 1. The first kappa shape index (κ1) is 12.6. The summed E-state index contributed by atoms with van der Waals surface area (Å²) in [4.78, 5) is 0. The lowest BCUT2D eigenvalue weighted by Crippen LogP contribution is -2.37. The minimum atomic E-state index is -0.338. The third-order valence-corrected chi connectivity index (χ3v) is 2.89. The van der Waals surface area contributed by atoms with Gasteiger partial charge in [-0.05, 0) is 24.1 Å². The van der Waals surface area contributed by atoms with Crippen molar-refractivity contribution in [1.82, 2.24) is 0 Å². The largest absolute Gasteiger partial charge is 0.394 e. The molecule has 0 saturated heterocycles. The average Bonchev–Trinajstić information content (AvgIpc) is 2.46. The number of hydrogen-bond acceptors (Lipinski definition) is 3. The maximum Gasteiger partial charge on any atom is 0.0834 e. The fraction of sp³-hybridized carbons (Fsp3) is 0.200. The summed E-state index contributed by atoms with van der Waals surface area (Å²) in [5.41, 5.74) is 1.78. The van der Waals surface area contributed by atoms with Crippen molar-refractivity contribution in [3.63, 3.8) is 0 Å². The van der Waals surface area contributed by atoms with Crippen LogP contribution in [0.5, 0.6) is 0 Å². The molecule has 0 aliphatic rings. The molecule has 1 atom stereocenters. The molecule has 18 heavy (non-hydrogen) atoms. The summed E-state index contributed by atoms with van der Waals surface area (Å²) in [6.45, 7) is -0.0969. The van der Waals surface area contributed by atoms with Gasteiger partial charge in [0.15, 0.2) is 0 Å². The van der Waals surface area contributed by atoms with E-state index in [0.717, 1.165) is 10.6 Å². The average molecular weight is 243 g/mol. The van der Waals surface area contributed by atoms with Crippen molar-refractivity contribution in [2.24, 2.45) is 0 Å². The molecule has 2 aromatic carbocycles. The van der Waals surface area contributed by atoms with Gasteiger partial charge in [0.2, 0.25) is 0 Å². The molecule has 3 nitrogen and oxygen atoms in total. The zero-order valence-electron chi connectivity index (χ0n) is 10.1. The fourth-order valence-electron chi connectivity index (χ4n) is 1.91. The van der Waals surface area contributed by atoms with Gasteiger partial charge in [0.25, 0.3) is 0 Å². The number of aliphatic hydroxyl groups is 1. The minimum absolute atomic E-state index is 0.0969. The lowest BCUT2D eigenvalue weighted by molar-refractivity contribution is 0.159. The van der Waals surface area contributed by atoms with Gasteiger partial charge in [0.1, 0.15) is 0 Å². The number of para-hydroxylation sites is 1. The molecule has 0 bridgehead atoms. The monoisotopic (exact) mass is 243 g/mol. The molecular weight excluding hydrogens is 226 g/mol. The highest BCUT2D eigenvalue weighted by molar-refractivity contribution is 5.44. The van der Waals surface area contributed by atoms with Crippen molar-refractivity contribution in [3.05, 3.63) is 66.2 Å². The van der Waals surface area contributed by atoms with Gasteiger partial charge in [-0.25, -0.2) is 0 Å². The molecule has 3 heteroatoms. The smallest absolute Gasteiger partial charge is 0.0834 e. The Hall–Kier alpha value is -1.84. The van der Waals surface area contributed by atoms with Crippen LogP contribution in [-0.4, -0.2) is 23.0 Å². The SMILES string of the molecule is OCC(Cc1ccccc1)N(O)c1ccccc1. The molecule has 0 aliphatic carbocycles. The van der Waals surface area contributed by atoms with Crippen LogP contribution in [0.2, 0.25) is 0 Å². The van der Waals surface area contributed by atoms with Crippen LogP contribution >= 0.6 is 0 Å². The number of aliphatic hydroxyl groups excluding tert-OH is 1. The lowest BCUT2D eigenvalue weighted by atomic mass is 10.1. The maximum atomic E-state index is 10.1. The highest BCUT2D eigenvalue weighted by atomic mass is 16.5. The van der Waals surface area contributed by atoms with E-state index in [2.05, 4.69) is 0 Å². The van der Waals surface area contributed by atoms with Crippen molar-refractivity contribution >= 4 is 5.69 Å². The molecule has 2 rings (SSSR count). The predicted octanol–water partition coefficient (Wildman–Crippen LogP) is 2.49. The van der Waals surface area contributed by atoms with Gasteiger partial charge in [0.05, 0.1) is 18.3 Å². The first-order chi connectivity index (χ1) is 8.81. The Kier molecular flexibility index (Phi) is 4.34. The minimum Gasteiger partial charge on any atom is -0.394 e. The van der Waals surface area contributed by atoms with E-state index in [0.29, 0.717) is 12.1 Å². The van der Waals surface area contributed by atoms with Crippen LogP contribution in [0.4, 0.5) is 5.69 Å². The summed E-state index contributed by atoms with van der Waals surface area (Å²) in [6.07, 6.45) is 0.600. The Morgan fingerprint density at radius 2 is 1.44 bits per heavy atom. The van der Waals surface area contributed by atoms with E-state index in [1.807, 2.05) is 60.7 Å². The zero-order valence-corrected chi connectivity index (χ0v) is 10.1. The Bertz CT molecular complexity index is 458. The lowest BCUT2D eigenvalue weighted by Gasteiger charge is -2.26. The number of anilines is 1. The van der Waals surface area contributed by atoms with E-state index in [4.69, 9.17) is 0 Å². The summed E-state index contributed by atoms with van der Waals surface area (Å²) < 4.78 is 0. The summed E-state index contributed by atoms with van der Waals surface area (Å²) in [6, 6.07) is 18.7. The van der Waals surface area contributed by atoms with Gasteiger partial charge in [0, 0.05) is 0 Å². The first-order valence-corrected chi connectivity index (χ1v) is 5.99. The van der Waals surface area contributed by atoms with E-state index in [1.54, 1.807) is 0 Å². The van der Waals surface area contributed by atoms with Crippen molar-refractivity contribution in [2.45, 2.75) is 12.5 Å². The Balaban J connectivity index is 2.09. The molecule has 0 aliphatic heterocycles. The van der Waals surface area contributed by atoms with Crippen molar-refractivity contribution in [1.29, 1.82) is 0 Å². The topological polar surface area (TPSA) is 43.7 Å². The van der Waals surface area contributed by atoms with Gasteiger partial charge in [-0.2, -0.15) is 0 Å². The van der Waals surface area contributed by atoms with Crippen LogP contribution in [0.3, 0.4) is 0 Å². The van der Waals surface area contributed by atoms with E-state index >= 15 is 0 Å². The molecule has 0 radical (unpaired) electrons. The van der Waals surface area contributed by atoms with Crippen molar-refractivity contribution in [3.8, 4) is 0 Å². The number of hydroxylamine groups is 1. The molecule has 2 aromatic rings. The van der Waals surface area contributed by atoms with E-state index in [-0.39, 0.29) is 12.6 Å². The Labute approximate surface area is 107 Å². The van der Waals surface area contributed by atoms with Gasteiger partial charge in [-0.3, -0.25) is 10.3 Å².